The highest BCUT2D eigenvalue weighted by molar-refractivity contribution is 6.16. The highest BCUT2D eigenvalue weighted by Crippen LogP contribution is 1.81. The van der Waals surface area contributed by atoms with Crippen LogP contribution in [0.15, 0.2) is 16.9 Å². The van der Waals surface area contributed by atoms with Gasteiger partial charge in [-0.2, -0.15) is 0 Å². The molecule has 0 saturated carbocycles. The zero-order chi connectivity index (χ0) is 6.41. The lowest BCUT2D eigenvalue weighted by Crippen LogP contribution is -1.91. The minimum Gasteiger partial charge on any atom is -0.384 e. The van der Waals surface area contributed by atoms with E-state index in [0.717, 1.165) is 0 Å². The van der Waals surface area contributed by atoms with Gasteiger partial charge in [-0.05, 0) is 19.2 Å². The van der Waals surface area contributed by atoms with Crippen LogP contribution in [0, 0.1) is 0 Å². The molecule has 0 aromatic heterocycles. The number of hydrogen-bond acceptors (Lipinski definition) is 2. The predicted molar refractivity (Wildman–Crippen MR) is 37.0 cm³/mol. The Balaban J connectivity index is 3.53. The Hall–Kier alpha value is -0.725. The number of rotatable bonds is 2. The predicted octanol–water partition coefficient (Wildman–Crippen LogP) is 0.464. The quantitative estimate of drug-likeness (QED) is 0.405. The van der Waals surface area contributed by atoms with Gasteiger partial charge in [-0.15, -0.1) is 0 Å². The van der Waals surface area contributed by atoms with E-state index in [9.17, 15) is 0 Å². The van der Waals surface area contributed by atoms with Gasteiger partial charge in [0.1, 0.15) is 5.82 Å². The molecule has 0 aromatic rings. The molecule has 8 heavy (non-hydrogen) atoms. The topological polar surface area (TPSA) is 38.4 Å². The molecule has 0 fully saturated rings. The Morgan fingerprint density at radius 1 is 1.88 bits per heavy atom. The average molecular weight is 108 g/mol. The monoisotopic (exact) mass is 108 g/mol. The van der Waals surface area contributed by atoms with E-state index in [2.05, 4.69) is 4.99 Å². The van der Waals surface area contributed by atoms with Crippen molar-refractivity contribution < 1.29 is 0 Å². The van der Waals surface area contributed by atoms with Gasteiger partial charge in [0.05, 0.1) is 7.85 Å². The molecule has 0 heterocycles. The smallest absolute Gasteiger partial charge is 0.118 e. The van der Waals surface area contributed by atoms with Crippen LogP contribution in [0.5, 0.6) is 0 Å². The molecular formula is C5H9BN2. The van der Waals surface area contributed by atoms with E-state index < -0.39 is 0 Å². The summed E-state index contributed by atoms with van der Waals surface area (Å²) in [6.45, 7) is 1.82. The Bertz CT molecular complexity index is 107. The molecule has 0 bridgehead atoms. The third-order valence-corrected chi connectivity index (χ3v) is 0.642. The molecule has 0 rings (SSSR count). The summed E-state index contributed by atoms with van der Waals surface area (Å²) in [5.74, 6) is 0.510. The molecule has 0 aromatic carbocycles. The van der Waals surface area contributed by atoms with Crippen molar-refractivity contribution >= 4 is 14.1 Å². The summed E-state index contributed by atoms with van der Waals surface area (Å²) >= 11 is 0. The van der Waals surface area contributed by atoms with Gasteiger partial charge >= 0.3 is 0 Å². The maximum absolute atomic E-state index is 5.27. The van der Waals surface area contributed by atoms with Gasteiger partial charge in [-0.3, -0.25) is 0 Å². The minimum absolute atomic E-state index is 0.439. The van der Waals surface area contributed by atoms with Crippen LogP contribution in [0.1, 0.15) is 6.92 Å². The second-order valence-electron chi connectivity index (χ2n) is 1.26. The first-order valence-electron chi connectivity index (χ1n) is 2.45. The molecule has 0 unspecified atom stereocenters. The van der Waals surface area contributed by atoms with E-state index in [1.165, 1.54) is 0 Å². The number of nitrogens with zero attached hydrogens (tertiary/aromatic N) is 1. The van der Waals surface area contributed by atoms with Crippen LogP contribution in [-0.4, -0.2) is 14.1 Å². The van der Waals surface area contributed by atoms with Crippen LogP contribution in [0.3, 0.4) is 0 Å². The number of hydrogen-bond donors (Lipinski definition) is 1. The van der Waals surface area contributed by atoms with Gasteiger partial charge in [0.25, 0.3) is 0 Å². The Kier molecular flexibility index (Phi) is 4.03. The van der Waals surface area contributed by atoms with Crippen LogP contribution in [0.4, 0.5) is 0 Å². The van der Waals surface area contributed by atoms with Crippen molar-refractivity contribution in [2.75, 3.05) is 0 Å². The molecule has 0 amide bonds. The molecule has 2 N–H and O–H groups in total. The van der Waals surface area contributed by atoms with Crippen LogP contribution in [0.25, 0.3) is 0 Å². The molecule has 0 atom stereocenters. The fraction of sp³-hybridized carbons (Fsp3) is 0.400. The maximum Gasteiger partial charge on any atom is 0.118 e. The van der Waals surface area contributed by atoms with Crippen LogP contribution < -0.4 is 5.73 Å². The molecule has 2 radical (unpaired) electrons. The second-order valence-corrected chi connectivity index (χ2v) is 1.26. The van der Waals surface area contributed by atoms with Gasteiger partial charge in [0.15, 0.2) is 0 Å². The summed E-state index contributed by atoms with van der Waals surface area (Å²) in [6.07, 6.45) is 3.72. The highest BCUT2D eigenvalue weighted by Gasteiger charge is 1.73. The van der Waals surface area contributed by atoms with E-state index >= 15 is 0 Å². The lowest BCUT2D eigenvalue weighted by molar-refractivity contribution is 1.23. The summed E-state index contributed by atoms with van der Waals surface area (Å²) in [6, 6.07) is 0. The zero-order valence-corrected chi connectivity index (χ0v) is 4.96. The standard InChI is InChI=1S/C5H9BN2/c1-2-5(7)8-4-3-6/h2,4H,3,7H2,1H3/b5-2-,8-4?. The van der Waals surface area contributed by atoms with Crippen molar-refractivity contribution in [1.29, 1.82) is 0 Å². The fourth-order valence-electron chi connectivity index (χ4n) is 0.233. The molecule has 0 aliphatic carbocycles. The molecule has 0 spiro atoms. The van der Waals surface area contributed by atoms with E-state index in [1.54, 1.807) is 12.3 Å². The second kappa shape index (κ2) is 4.43. The van der Waals surface area contributed by atoms with Crippen LogP contribution in [-0.2, 0) is 0 Å². The van der Waals surface area contributed by atoms with E-state index in [1.807, 2.05) is 6.92 Å². The van der Waals surface area contributed by atoms with Crippen molar-refractivity contribution in [3.8, 4) is 0 Å². The Labute approximate surface area is 50.9 Å². The lowest BCUT2D eigenvalue weighted by atomic mass is 10.1. The molecule has 3 heteroatoms. The van der Waals surface area contributed by atoms with E-state index in [-0.39, 0.29) is 0 Å². The number of allylic oxidation sites excluding steroid dienone is 1. The normalized spacial score (nSPS) is 12.9. The SMILES string of the molecule is [B]CC=N/C(N)=C\C. The molecule has 2 nitrogen and oxygen atoms in total. The fourth-order valence-corrected chi connectivity index (χ4v) is 0.233. The molecule has 0 saturated heterocycles. The third kappa shape index (κ3) is 3.46. The summed E-state index contributed by atoms with van der Waals surface area (Å²) < 4.78 is 0. The lowest BCUT2D eigenvalue weighted by Gasteiger charge is -1.85. The van der Waals surface area contributed by atoms with Crippen molar-refractivity contribution in [3.05, 3.63) is 11.9 Å². The zero-order valence-electron chi connectivity index (χ0n) is 4.96. The summed E-state index contributed by atoms with van der Waals surface area (Å²) in [4.78, 5) is 3.75. The van der Waals surface area contributed by atoms with E-state index in [4.69, 9.17) is 13.6 Å². The number of nitrogens with two attached hydrogens (primary N) is 1. The first kappa shape index (κ1) is 7.27. The summed E-state index contributed by atoms with van der Waals surface area (Å²) in [5.41, 5.74) is 5.27. The molecule has 0 aliphatic rings. The molecular weight excluding hydrogens is 98.9 g/mol. The van der Waals surface area contributed by atoms with Gasteiger partial charge in [0.2, 0.25) is 0 Å². The average Bonchev–Trinajstić information content (AvgIpc) is 1.83. The van der Waals surface area contributed by atoms with E-state index in [0.29, 0.717) is 12.1 Å². The van der Waals surface area contributed by atoms with Gasteiger partial charge < -0.3 is 5.73 Å². The van der Waals surface area contributed by atoms with Crippen LogP contribution >= 0.6 is 0 Å². The molecule has 42 valence electrons. The van der Waals surface area contributed by atoms with Gasteiger partial charge in [0, 0.05) is 0 Å². The van der Waals surface area contributed by atoms with Crippen molar-refractivity contribution in [1.82, 2.24) is 0 Å². The van der Waals surface area contributed by atoms with Crippen molar-refractivity contribution in [2.24, 2.45) is 10.7 Å². The summed E-state index contributed by atoms with van der Waals surface area (Å²) in [5, 5.41) is 0. The van der Waals surface area contributed by atoms with Gasteiger partial charge in [-0.25, -0.2) is 4.99 Å². The summed E-state index contributed by atoms with van der Waals surface area (Å²) in [7, 11) is 5.10. The van der Waals surface area contributed by atoms with Crippen molar-refractivity contribution in [3.63, 3.8) is 0 Å². The Morgan fingerprint density at radius 3 is 2.88 bits per heavy atom. The first-order chi connectivity index (χ1) is 3.81. The van der Waals surface area contributed by atoms with Gasteiger partial charge in [-0.1, -0.05) is 6.32 Å². The minimum atomic E-state index is 0.439. The molecule has 0 aliphatic heterocycles. The Morgan fingerprint density at radius 2 is 2.50 bits per heavy atom. The maximum atomic E-state index is 5.27. The highest BCUT2D eigenvalue weighted by atomic mass is 14.9. The van der Waals surface area contributed by atoms with Crippen molar-refractivity contribution in [2.45, 2.75) is 13.2 Å². The largest absolute Gasteiger partial charge is 0.384 e. The number of aliphatic imine (C=N–C) groups is 1. The third-order valence-electron chi connectivity index (χ3n) is 0.642. The van der Waals surface area contributed by atoms with Crippen LogP contribution in [0.2, 0.25) is 6.32 Å². The first-order valence-corrected chi connectivity index (χ1v) is 2.45.